The van der Waals surface area contributed by atoms with Gasteiger partial charge in [0.1, 0.15) is 5.02 Å². The summed E-state index contributed by atoms with van der Waals surface area (Å²) in [6, 6.07) is 4.87. The predicted molar refractivity (Wildman–Crippen MR) is 90.4 cm³/mol. The molecule has 2 rings (SSSR count). The molecule has 0 radical (unpaired) electrons. The Morgan fingerprint density at radius 1 is 1.41 bits per heavy atom. The van der Waals surface area contributed by atoms with Gasteiger partial charge in [0.05, 0.1) is 12.0 Å². The maximum Gasteiger partial charge on any atom is 0.346 e. The van der Waals surface area contributed by atoms with Crippen LogP contribution in [0.3, 0.4) is 0 Å². The highest BCUT2D eigenvalue weighted by Gasteiger charge is 2.14. The van der Waals surface area contributed by atoms with E-state index in [-0.39, 0.29) is 22.3 Å². The van der Waals surface area contributed by atoms with Gasteiger partial charge in [-0.25, -0.2) is 4.79 Å². The van der Waals surface area contributed by atoms with Crippen LogP contribution in [0.1, 0.15) is 19.8 Å². The summed E-state index contributed by atoms with van der Waals surface area (Å²) in [6.45, 7) is 2.35. The van der Waals surface area contributed by atoms with Gasteiger partial charge in [-0.15, -0.1) is 0 Å². The van der Waals surface area contributed by atoms with Gasteiger partial charge in [-0.1, -0.05) is 24.6 Å². The van der Waals surface area contributed by atoms with Crippen LogP contribution in [0.15, 0.2) is 27.4 Å². The first-order valence-corrected chi connectivity index (χ1v) is 7.87. The highest BCUT2D eigenvalue weighted by Crippen LogP contribution is 2.31. The number of fused-ring (bicyclic) bond motifs is 1. The SMILES string of the molecule is CCCOc1oc(=O)c2cc(NC(=O)CCS)ccc2c1Cl. The summed E-state index contributed by atoms with van der Waals surface area (Å²) in [5, 5.41) is 3.75. The zero-order valence-corrected chi connectivity index (χ0v) is 13.7. The molecule has 1 aromatic heterocycles. The Morgan fingerprint density at radius 2 is 2.18 bits per heavy atom. The first-order valence-electron chi connectivity index (χ1n) is 6.86. The second-order valence-electron chi connectivity index (χ2n) is 4.62. The molecular formula is C15H16ClNO4S. The van der Waals surface area contributed by atoms with Crippen molar-refractivity contribution in [3.63, 3.8) is 0 Å². The molecule has 7 heteroatoms. The molecule has 0 saturated heterocycles. The third-order valence-electron chi connectivity index (χ3n) is 2.90. The third-order valence-corrected chi connectivity index (χ3v) is 3.48. The lowest BCUT2D eigenvalue weighted by atomic mass is 10.1. The van der Waals surface area contributed by atoms with Crippen molar-refractivity contribution in [1.29, 1.82) is 0 Å². The minimum absolute atomic E-state index is 0.0212. The third kappa shape index (κ3) is 3.75. The zero-order chi connectivity index (χ0) is 16.1. The number of amides is 1. The monoisotopic (exact) mass is 341 g/mol. The molecule has 0 spiro atoms. The predicted octanol–water partition coefficient (Wildman–Crippen LogP) is 3.49. The van der Waals surface area contributed by atoms with E-state index in [1.807, 2.05) is 6.92 Å². The second-order valence-corrected chi connectivity index (χ2v) is 5.45. The molecule has 22 heavy (non-hydrogen) atoms. The van der Waals surface area contributed by atoms with Crippen LogP contribution in [0.25, 0.3) is 10.8 Å². The molecule has 0 saturated carbocycles. The summed E-state index contributed by atoms with van der Waals surface area (Å²) in [5.41, 5.74) is -0.0549. The zero-order valence-electron chi connectivity index (χ0n) is 12.0. The number of thiol groups is 1. The van der Waals surface area contributed by atoms with Crippen molar-refractivity contribution >= 4 is 46.6 Å². The molecule has 0 unspecified atom stereocenters. The van der Waals surface area contributed by atoms with Gasteiger partial charge < -0.3 is 14.5 Å². The number of hydrogen-bond acceptors (Lipinski definition) is 5. The average molecular weight is 342 g/mol. The summed E-state index contributed by atoms with van der Waals surface area (Å²) < 4.78 is 10.4. The van der Waals surface area contributed by atoms with Crippen LogP contribution in [-0.4, -0.2) is 18.3 Å². The molecular weight excluding hydrogens is 326 g/mol. The van der Waals surface area contributed by atoms with Crippen molar-refractivity contribution in [3.8, 4) is 5.95 Å². The van der Waals surface area contributed by atoms with E-state index in [9.17, 15) is 9.59 Å². The molecule has 1 aromatic carbocycles. The average Bonchev–Trinajstić information content (AvgIpc) is 2.49. The van der Waals surface area contributed by atoms with Crippen molar-refractivity contribution < 1.29 is 13.9 Å². The Hall–Kier alpha value is -1.66. The van der Waals surface area contributed by atoms with Crippen LogP contribution in [0.5, 0.6) is 5.95 Å². The molecule has 0 fully saturated rings. The molecule has 5 nitrogen and oxygen atoms in total. The highest BCUT2D eigenvalue weighted by molar-refractivity contribution is 7.80. The van der Waals surface area contributed by atoms with Gasteiger partial charge in [0, 0.05) is 17.5 Å². The molecule has 1 heterocycles. The second kappa shape index (κ2) is 7.56. The Morgan fingerprint density at radius 3 is 2.86 bits per heavy atom. The fourth-order valence-electron chi connectivity index (χ4n) is 1.89. The van der Waals surface area contributed by atoms with Crippen molar-refractivity contribution in [3.05, 3.63) is 33.6 Å². The first-order chi connectivity index (χ1) is 10.6. The summed E-state index contributed by atoms with van der Waals surface area (Å²) >= 11 is 10.2. The lowest BCUT2D eigenvalue weighted by Gasteiger charge is -2.09. The summed E-state index contributed by atoms with van der Waals surface area (Å²) in [7, 11) is 0. The van der Waals surface area contributed by atoms with Crippen molar-refractivity contribution in [2.24, 2.45) is 0 Å². The van der Waals surface area contributed by atoms with Gasteiger partial charge in [0.25, 0.3) is 0 Å². The number of halogens is 1. The quantitative estimate of drug-likeness (QED) is 0.789. The molecule has 118 valence electrons. The largest absolute Gasteiger partial charge is 0.464 e. The van der Waals surface area contributed by atoms with Crippen LogP contribution < -0.4 is 15.7 Å². The molecule has 1 N–H and O–H groups in total. The van der Waals surface area contributed by atoms with E-state index < -0.39 is 5.63 Å². The molecule has 0 aliphatic heterocycles. The number of rotatable bonds is 6. The van der Waals surface area contributed by atoms with Gasteiger partial charge in [0.2, 0.25) is 5.91 Å². The van der Waals surface area contributed by atoms with Gasteiger partial charge in [-0.2, -0.15) is 12.6 Å². The number of hydrogen-bond donors (Lipinski definition) is 2. The van der Waals surface area contributed by atoms with E-state index in [0.717, 1.165) is 6.42 Å². The molecule has 0 aliphatic rings. The summed E-state index contributed by atoms with van der Waals surface area (Å²) in [4.78, 5) is 23.6. The number of benzene rings is 1. The van der Waals surface area contributed by atoms with Crippen molar-refractivity contribution in [2.45, 2.75) is 19.8 Å². The maximum atomic E-state index is 12.0. The van der Waals surface area contributed by atoms with E-state index in [0.29, 0.717) is 29.9 Å². The van der Waals surface area contributed by atoms with Crippen molar-refractivity contribution in [2.75, 3.05) is 17.7 Å². The van der Waals surface area contributed by atoms with Crippen LogP contribution in [0, 0.1) is 0 Å². The first kappa shape index (κ1) is 16.7. The molecule has 0 aliphatic carbocycles. The number of carbonyl (C=O) groups excluding carboxylic acids is 1. The lowest BCUT2D eigenvalue weighted by Crippen LogP contribution is -2.12. The fraction of sp³-hybridized carbons (Fsp3) is 0.333. The number of ether oxygens (including phenoxy) is 1. The smallest absolute Gasteiger partial charge is 0.346 e. The molecule has 2 aromatic rings. The van der Waals surface area contributed by atoms with E-state index in [4.69, 9.17) is 20.8 Å². The van der Waals surface area contributed by atoms with Gasteiger partial charge in [-0.05, 0) is 24.3 Å². The molecule has 0 bridgehead atoms. The number of carbonyl (C=O) groups is 1. The Labute approximate surface area is 138 Å². The van der Waals surface area contributed by atoms with Crippen LogP contribution >= 0.6 is 24.2 Å². The maximum absolute atomic E-state index is 12.0. The minimum Gasteiger partial charge on any atom is -0.464 e. The lowest BCUT2D eigenvalue weighted by molar-refractivity contribution is -0.115. The van der Waals surface area contributed by atoms with E-state index >= 15 is 0 Å². The van der Waals surface area contributed by atoms with Gasteiger partial charge in [0.15, 0.2) is 0 Å². The van der Waals surface area contributed by atoms with Crippen LogP contribution in [-0.2, 0) is 4.79 Å². The topological polar surface area (TPSA) is 68.5 Å². The van der Waals surface area contributed by atoms with Gasteiger partial charge in [-0.3, -0.25) is 4.79 Å². The van der Waals surface area contributed by atoms with Crippen LogP contribution in [0.4, 0.5) is 5.69 Å². The van der Waals surface area contributed by atoms with E-state index in [1.54, 1.807) is 12.1 Å². The highest BCUT2D eigenvalue weighted by atomic mass is 35.5. The number of nitrogens with one attached hydrogen (secondary N) is 1. The normalized spacial score (nSPS) is 10.7. The van der Waals surface area contributed by atoms with Crippen molar-refractivity contribution in [1.82, 2.24) is 0 Å². The Kier molecular flexibility index (Phi) is 5.74. The molecule has 1 amide bonds. The summed E-state index contributed by atoms with van der Waals surface area (Å²) in [5.74, 6) is 0.298. The number of anilines is 1. The Balaban J connectivity index is 2.39. The van der Waals surface area contributed by atoms with Crippen LogP contribution in [0.2, 0.25) is 5.02 Å². The fourth-order valence-corrected chi connectivity index (χ4v) is 2.35. The van der Waals surface area contributed by atoms with E-state index in [1.165, 1.54) is 6.07 Å². The Bertz CT molecular complexity index is 744. The standard InChI is InChI=1S/C15H16ClNO4S/c1-2-6-20-15-13(16)10-4-3-9(17-12(18)5-7-22)8-11(10)14(19)21-15/h3-4,8,22H,2,5-7H2,1H3,(H,17,18). The summed E-state index contributed by atoms with van der Waals surface area (Å²) in [6.07, 6.45) is 1.06. The van der Waals surface area contributed by atoms with Gasteiger partial charge >= 0.3 is 11.6 Å². The minimum atomic E-state index is -0.559. The van der Waals surface area contributed by atoms with E-state index in [2.05, 4.69) is 17.9 Å². The molecule has 0 atom stereocenters.